The number of benzene rings is 1. The van der Waals surface area contributed by atoms with E-state index in [1.165, 1.54) is 12.1 Å². The highest BCUT2D eigenvalue weighted by atomic mass is 19.1. The van der Waals surface area contributed by atoms with Gasteiger partial charge in [0.1, 0.15) is 5.82 Å². The first-order valence-electron chi connectivity index (χ1n) is 6.47. The van der Waals surface area contributed by atoms with E-state index in [1.54, 1.807) is 0 Å². The average Bonchev–Trinajstić information content (AvgIpc) is 2.40. The number of likely N-dealkylation sites (N-methyl/N-ethyl adjacent to an activating group) is 1. The molecule has 0 bridgehead atoms. The summed E-state index contributed by atoms with van der Waals surface area (Å²) in [5.41, 5.74) is 1.10. The summed E-state index contributed by atoms with van der Waals surface area (Å²) >= 11 is 0. The van der Waals surface area contributed by atoms with E-state index in [-0.39, 0.29) is 18.5 Å². The fraction of sp³-hybridized carbons (Fsp3) is 0.571. The smallest absolute Gasteiger partial charge is 0.123 e. The lowest BCUT2D eigenvalue weighted by Gasteiger charge is -2.23. The second kappa shape index (κ2) is 8.19. The molecule has 1 aromatic carbocycles. The molecule has 0 aliphatic rings. The maximum Gasteiger partial charge on any atom is 0.123 e. The van der Waals surface area contributed by atoms with Crippen LogP contribution < -0.4 is 5.32 Å². The zero-order chi connectivity index (χ0) is 13.4. The summed E-state index contributed by atoms with van der Waals surface area (Å²) in [6.45, 7) is 4.83. The predicted octanol–water partition coefficient (Wildman–Crippen LogP) is 1.79. The Morgan fingerprint density at radius 1 is 1.28 bits per heavy atom. The lowest BCUT2D eigenvalue weighted by molar-refractivity contribution is 0.196. The third-order valence-electron chi connectivity index (χ3n) is 3.22. The number of rotatable bonds is 8. The molecule has 4 heteroatoms. The largest absolute Gasteiger partial charge is 0.395 e. The van der Waals surface area contributed by atoms with Crippen molar-refractivity contribution >= 4 is 0 Å². The molecule has 0 aliphatic heterocycles. The standard InChI is InChI=1S/C14H23FN2O/c1-3-17(10-11-18)9-8-14(16-2)12-4-6-13(15)7-5-12/h4-7,14,16,18H,3,8-11H2,1-2H3. The number of aliphatic hydroxyl groups excluding tert-OH is 1. The van der Waals surface area contributed by atoms with Crippen LogP contribution in [0.15, 0.2) is 24.3 Å². The Kier molecular flexibility index (Phi) is 6.86. The fourth-order valence-corrected chi connectivity index (χ4v) is 2.05. The van der Waals surface area contributed by atoms with Crippen molar-refractivity contribution in [2.24, 2.45) is 0 Å². The molecule has 0 heterocycles. The van der Waals surface area contributed by atoms with Gasteiger partial charge in [0.15, 0.2) is 0 Å². The molecule has 0 saturated heterocycles. The minimum absolute atomic E-state index is 0.189. The second-order valence-electron chi connectivity index (χ2n) is 4.34. The van der Waals surface area contributed by atoms with Crippen molar-refractivity contribution in [2.45, 2.75) is 19.4 Å². The van der Waals surface area contributed by atoms with Crippen LogP contribution in [-0.2, 0) is 0 Å². The van der Waals surface area contributed by atoms with Gasteiger partial charge in [-0.15, -0.1) is 0 Å². The van der Waals surface area contributed by atoms with Gasteiger partial charge in [-0.25, -0.2) is 4.39 Å². The van der Waals surface area contributed by atoms with Gasteiger partial charge in [0.05, 0.1) is 6.61 Å². The molecule has 3 nitrogen and oxygen atoms in total. The van der Waals surface area contributed by atoms with Crippen LogP contribution >= 0.6 is 0 Å². The summed E-state index contributed by atoms with van der Waals surface area (Å²) in [4.78, 5) is 2.20. The molecule has 1 atom stereocenters. The summed E-state index contributed by atoms with van der Waals surface area (Å²) < 4.78 is 12.9. The van der Waals surface area contributed by atoms with E-state index >= 15 is 0 Å². The minimum Gasteiger partial charge on any atom is -0.395 e. The molecule has 0 amide bonds. The number of halogens is 1. The number of nitrogens with one attached hydrogen (secondary N) is 1. The van der Waals surface area contributed by atoms with Gasteiger partial charge in [-0.05, 0) is 37.7 Å². The Balaban J connectivity index is 2.53. The highest BCUT2D eigenvalue weighted by Crippen LogP contribution is 2.17. The molecule has 0 radical (unpaired) electrons. The van der Waals surface area contributed by atoms with Crippen LogP contribution in [0.4, 0.5) is 4.39 Å². The van der Waals surface area contributed by atoms with Crippen LogP contribution in [0.5, 0.6) is 0 Å². The Morgan fingerprint density at radius 2 is 1.94 bits per heavy atom. The summed E-state index contributed by atoms with van der Waals surface area (Å²) in [5, 5.41) is 12.2. The van der Waals surface area contributed by atoms with Crippen LogP contribution in [-0.4, -0.2) is 43.3 Å². The van der Waals surface area contributed by atoms with E-state index in [9.17, 15) is 4.39 Å². The third kappa shape index (κ3) is 4.72. The summed E-state index contributed by atoms with van der Waals surface area (Å²) in [7, 11) is 1.91. The van der Waals surface area contributed by atoms with Gasteiger partial charge in [-0.3, -0.25) is 0 Å². The molecule has 1 rings (SSSR count). The van der Waals surface area contributed by atoms with Crippen molar-refractivity contribution < 1.29 is 9.50 Å². The average molecular weight is 254 g/mol. The van der Waals surface area contributed by atoms with Crippen molar-refractivity contribution in [1.29, 1.82) is 0 Å². The highest BCUT2D eigenvalue weighted by Gasteiger charge is 2.11. The lowest BCUT2D eigenvalue weighted by atomic mass is 10.0. The van der Waals surface area contributed by atoms with Crippen molar-refractivity contribution in [3.63, 3.8) is 0 Å². The Bertz CT molecular complexity index is 329. The number of hydrogen-bond acceptors (Lipinski definition) is 3. The second-order valence-corrected chi connectivity index (χ2v) is 4.34. The van der Waals surface area contributed by atoms with Gasteiger partial charge in [-0.2, -0.15) is 0 Å². The lowest BCUT2D eigenvalue weighted by Crippen LogP contribution is -2.30. The van der Waals surface area contributed by atoms with E-state index < -0.39 is 0 Å². The van der Waals surface area contributed by atoms with E-state index in [2.05, 4.69) is 17.1 Å². The molecule has 2 N–H and O–H groups in total. The van der Waals surface area contributed by atoms with E-state index in [1.807, 2.05) is 19.2 Å². The van der Waals surface area contributed by atoms with E-state index in [0.717, 1.165) is 25.1 Å². The Morgan fingerprint density at radius 3 is 2.44 bits per heavy atom. The summed E-state index contributed by atoms with van der Waals surface area (Å²) in [6, 6.07) is 6.84. The van der Waals surface area contributed by atoms with Crippen molar-refractivity contribution in [3.05, 3.63) is 35.6 Å². The van der Waals surface area contributed by atoms with Crippen molar-refractivity contribution in [3.8, 4) is 0 Å². The molecular formula is C14H23FN2O. The number of aliphatic hydroxyl groups is 1. The molecular weight excluding hydrogens is 231 g/mol. The van der Waals surface area contributed by atoms with Gasteiger partial charge in [0.25, 0.3) is 0 Å². The van der Waals surface area contributed by atoms with Gasteiger partial charge in [0, 0.05) is 19.1 Å². The highest BCUT2D eigenvalue weighted by molar-refractivity contribution is 5.19. The fourth-order valence-electron chi connectivity index (χ4n) is 2.05. The zero-order valence-electron chi connectivity index (χ0n) is 11.2. The molecule has 1 unspecified atom stereocenters. The van der Waals surface area contributed by atoms with Crippen molar-refractivity contribution in [1.82, 2.24) is 10.2 Å². The van der Waals surface area contributed by atoms with Gasteiger partial charge >= 0.3 is 0 Å². The first-order chi connectivity index (χ1) is 8.71. The minimum atomic E-state index is -0.205. The molecule has 0 aromatic heterocycles. The van der Waals surface area contributed by atoms with E-state index in [4.69, 9.17) is 5.11 Å². The SMILES string of the molecule is CCN(CCO)CCC(NC)c1ccc(F)cc1. The molecule has 18 heavy (non-hydrogen) atoms. The predicted molar refractivity (Wildman–Crippen MR) is 72.0 cm³/mol. The zero-order valence-corrected chi connectivity index (χ0v) is 11.2. The first-order valence-corrected chi connectivity index (χ1v) is 6.47. The molecule has 0 aliphatic carbocycles. The molecule has 1 aromatic rings. The quantitative estimate of drug-likeness (QED) is 0.742. The summed E-state index contributed by atoms with van der Waals surface area (Å²) in [6.07, 6.45) is 0.940. The number of hydrogen-bond donors (Lipinski definition) is 2. The monoisotopic (exact) mass is 254 g/mol. The van der Waals surface area contributed by atoms with E-state index in [0.29, 0.717) is 6.54 Å². The van der Waals surface area contributed by atoms with Crippen LogP contribution in [0, 0.1) is 5.82 Å². The molecule has 0 spiro atoms. The molecule has 102 valence electrons. The van der Waals surface area contributed by atoms with Crippen LogP contribution in [0.2, 0.25) is 0 Å². The molecule has 0 fully saturated rings. The molecule has 0 saturated carbocycles. The van der Waals surface area contributed by atoms with Crippen LogP contribution in [0.1, 0.15) is 24.9 Å². The maximum atomic E-state index is 12.9. The van der Waals surface area contributed by atoms with Crippen LogP contribution in [0.25, 0.3) is 0 Å². The van der Waals surface area contributed by atoms with Gasteiger partial charge < -0.3 is 15.3 Å². The van der Waals surface area contributed by atoms with Gasteiger partial charge in [-0.1, -0.05) is 19.1 Å². The van der Waals surface area contributed by atoms with Gasteiger partial charge in [0.2, 0.25) is 0 Å². The topological polar surface area (TPSA) is 35.5 Å². The summed E-state index contributed by atoms with van der Waals surface area (Å²) in [5.74, 6) is -0.205. The third-order valence-corrected chi connectivity index (χ3v) is 3.22. The Labute approximate surface area is 109 Å². The maximum absolute atomic E-state index is 12.9. The number of nitrogens with zero attached hydrogens (tertiary/aromatic N) is 1. The Hall–Kier alpha value is -0.970. The van der Waals surface area contributed by atoms with Crippen LogP contribution in [0.3, 0.4) is 0 Å². The first kappa shape index (κ1) is 15.1. The van der Waals surface area contributed by atoms with Crippen molar-refractivity contribution in [2.75, 3.05) is 33.3 Å². The normalized spacial score (nSPS) is 12.9.